The first-order valence-electron chi connectivity index (χ1n) is 17.9. The van der Waals surface area contributed by atoms with E-state index in [2.05, 4.69) is 4.99 Å². The average molecular weight is 827 g/mol. The van der Waals surface area contributed by atoms with E-state index < -0.39 is 82.3 Å². The van der Waals surface area contributed by atoms with Crippen molar-refractivity contribution in [1.82, 2.24) is 0 Å². The second kappa shape index (κ2) is 17.0. The van der Waals surface area contributed by atoms with Crippen molar-refractivity contribution in [3.8, 4) is 0 Å². The Bertz CT molecular complexity index is 1890. The zero-order chi connectivity index (χ0) is 41.2. The number of aliphatic imine (C=N–C) groups is 2. The lowest BCUT2D eigenvalue weighted by atomic mass is 9.78. The van der Waals surface area contributed by atoms with Gasteiger partial charge in [0, 0.05) is 52.3 Å². The molecule has 12 nitrogen and oxygen atoms in total. The van der Waals surface area contributed by atoms with Crippen molar-refractivity contribution in [3.05, 3.63) is 69.3 Å². The van der Waals surface area contributed by atoms with Crippen LogP contribution in [0.2, 0.25) is 0 Å². The van der Waals surface area contributed by atoms with Gasteiger partial charge in [-0.2, -0.15) is 0 Å². The number of non-ortho nitro benzene ring substituents is 1. The summed E-state index contributed by atoms with van der Waals surface area (Å²) in [5.41, 5.74) is 2.54. The molecular weight excluding hydrogens is 781 g/mol. The monoisotopic (exact) mass is 826 g/mol. The third-order valence-electron chi connectivity index (χ3n) is 9.49. The smallest absolute Gasteiger partial charge is 0.312 e. The number of halogens is 4. The second-order valence-electron chi connectivity index (χ2n) is 15.9. The lowest BCUT2D eigenvalue weighted by Crippen LogP contribution is -2.42. The van der Waals surface area contributed by atoms with Gasteiger partial charge in [-0.05, 0) is 65.8 Å². The van der Waals surface area contributed by atoms with Gasteiger partial charge < -0.3 is 24.7 Å². The number of hydrogen-bond acceptors (Lipinski definition) is 13. The van der Waals surface area contributed by atoms with Crippen molar-refractivity contribution in [1.29, 1.82) is 0 Å². The molecule has 6 rings (SSSR count). The summed E-state index contributed by atoms with van der Waals surface area (Å²) in [5.74, 6) is -2.08. The van der Waals surface area contributed by atoms with Crippen LogP contribution in [0.15, 0.2) is 46.4 Å². The van der Waals surface area contributed by atoms with Crippen LogP contribution in [0.5, 0.6) is 0 Å². The number of nitrogens with two attached hydrogens (primary N) is 1. The molecule has 2 aromatic carbocycles. The number of nitro groups is 1. The summed E-state index contributed by atoms with van der Waals surface area (Å²) in [6, 6.07) is 7.47. The molecule has 6 atom stereocenters. The highest BCUT2D eigenvalue weighted by Gasteiger charge is 2.56. The number of benzene rings is 2. The maximum absolute atomic E-state index is 14.8. The van der Waals surface area contributed by atoms with E-state index in [-0.39, 0.29) is 48.8 Å². The van der Waals surface area contributed by atoms with Crippen LogP contribution >= 0.6 is 23.5 Å². The molecule has 306 valence electrons. The Morgan fingerprint density at radius 1 is 0.821 bits per heavy atom. The van der Waals surface area contributed by atoms with Crippen LogP contribution in [0.25, 0.3) is 0 Å². The topological polar surface area (TPSA) is 165 Å². The van der Waals surface area contributed by atoms with E-state index in [1.165, 1.54) is 41.7 Å². The lowest BCUT2D eigenvalue weighted by Gasteiger charge is -2.36. The molecule has 0 saturated carbocycles. The maximum Gasteiger partial charge on any atom is 0.312 e. The van der Waals surface area contributed by atoms with Crippen LogP contribution < -0.4 is 5.73 Å². The minimum Gasteiger partial charge on any atom is -0.460 e. The summed E-state index contributed by atoms with van der Waals surface area (Å²) in [6.45, 7) is 9.07. The van der Waals surface area contributed by atoms with Crippen molar-refractivity contribution >= 4 is 56.9 Å². The fraction of sp³-hybridized carbons (Fsp3) is 0.579. The van der Waals surface area contributed by atoms with Crippen LogP contribution in [0, 0.1) is 33.6 Å². The SMILES string of the molecule is CC(C)(C)OC(=O)CC1=N[C@@]2(c3cc(N)ccc3F)COC(CF)[C@H]2CS1.CC(C)(C)OC(=O)CC1=N[C@@]2(c3cc([N+](=O)[O-])ccc3F)COC(CF)[C@H]2CS1. The molecule has 2 fully saturated rings. The van der Waals surface area contributed by atoms with Crippen molar-refractivity contribution in [2.75, 3.05) is 43.8 Å². The maximum atomic E-state index is 14.8. The van der Waals surface area contributed by atoms with Gasteiger partial charge in [0.1, 0.15) is 47.3 Å². The van der Waals surface area contributed by atoms with E-state index in [4.69, 9.17) is 29.7 Å². The van der Waals surface area contributed by atoms with Crippen LogP contribution in [0.4, 0.5) is 28.9 Å². The van der Waals surface area contributed by atoms with Gasteiger partial charge in [-0.3, -0.25) is 29.7 Å². The van der Waals surface area contributed by atoms with E-state index in [1.54, 1.807) is 41.5 Å². The summed E-state index contributed by atoms with van der Waals surface area (Å²) in [4.78, 5) is 44.3. The van der Waals surface area contributed by atoms with Gasteiger partial charge in [0.15, 0.2) is 0 Å². The molecule has 2 saturated heterocycles. The Labute approximate surface area is 330 Å². The number of fused-ring (bicyclic) bond motifs is 2. The first kappa shape index (κ1) is 43.4. The minimum atomic E-state index is -1.32. The lowest BCUT2D eigenvalue weighted by molar-refractivity contribution is -0.385. The molecule has 4 aliphatic rings. The summed E-state index contributed by atoms with van der Waals surface area (Å²) in [6.07, 6.45) is -1.59. The predicted molar refractivity (Wildman–Crippen MR) is 206 cm³/mol. The summed E-state index contributed by atoms with van der Waals surface area (Å²) in [5, 5.41) is 12.1. The van der Waals surface area contributed by atoms with Gasteiger partial charge >= 0.3 is 11.9 Å². The van der Waals surface area contributed by atoms with Crippen molar-refractivity contribution in [2.24, 2.45) is 21.8 Å². The molecule has 0 radical (unpaired) electrons. The number of thioether (sulfide) groups is 2. The molecule has 2 aromatic rings. The standard InChI is InChI=1S/C19H22F2N2O5S.C19H24F2N2O3S/c1-18(2,3)28-17(24)7-16-22-19(10-27-15(8-20)13(19)9-29-16)12-6-11(23(25)26)4-5-14(12)21;1-18(2,3)26-17(24)7-16-23-19(12-6-11(22)4-5-14(12)21)10-25-15(8-20)13(19)9-27-16/h4-6,13,15H,7-10H2,1-3H3;4-6,13,15H,7-10,22H2,1-3H3/t2*13-,15?,19-/m11/s1. The Morgan fingerprint density at radius 2 is 1.25 bits per heavy atom. The summed E-state index contributed by atoms with van der Waals surface area (Å²) >= 11 is 2.63. The van der Waals surface area contributed by atoms with Gasteiger partial charge in [0.25, 0.3) is 5.69 Å². The molecular formula is C38H46F4N4O8S2. The van der Waals surface area contributed by atoms with Gasteiger partial charge in [0.05, 0.1) is 53.3 Å². The highest BCUT2D eigenvalue weighted by atomic mass is 32.2. The molecule has 0 aromatic heterocycles. The van der Waals surface area contributed by atoms with Gasteiger partial charge in [-0.25, -0.2) is 17.6 Å². The fourth-order valence-corrected chi connectivity index (χ4v) is 9.75. The number of nitrogens with zero attached hydrogens (tertiary/aromatic N) is 3. The molecule has 18 heteroatoms. The van der Waals surface area contributed by atoms with Crippen molar-refractivity contribution < 1.29 is 51.0 Å². The van der Waals surface area contributed by atoms with Crippen LogP contribution in [0.3, 0.4) is 0 Å². The third kappa shape index (κ3) is 9.68. The fourth-order valence-electron chi connectivity index (χ4n) is 7.13. The van der Waals surface area contributed by atoms with E-state index in [1.807, 2.05) is 0 Å². The molecule has 0 amide bonds. The quantitative estimate of drug-likeness (QED) is 0.0890. The number of nitrogen functional groups attached to an aromatic ring is 1. The number of hydrogen-bond donors (Lipinski definition) is 1. The molecule has 0 bridgehead atoms. The number of alkyl halides is 2. The van der Waals surface area contributed by atoms with Crippen LogP contribution in [-0.4, -0.2) is 88.4 Å². The average Bonchev–Trinajstić information content (AvgIpc) is 3.66. The van der Waals surface area contributed by atoms with Gasteiger partial charge in [0.2, 0.25) is 0 Å². The Hall–Kier alpha value is -3.74. The number of anilines is 1. The zero-order valence-corrected chi connectivity index (χ0v) is 33.6. The normalized spacial score (nSPS) is 27.2. The molecule has 0 spiro atoms. The van der Waals surface area contributed by atoms with Gasteiger partial charge in [-0.1, -0.05) is 0 Å². The first-order valence-corrected chi connectivity index (χ1v) is 19.9. The molecule has 2 unspecified atom stereocenters. The molecule has 4 aliphatic heterocycles. The van der Waals surface area contributed by atoms with E-state index in [0.717, 1.165) is 18.2 Å². The highest BCUT2D eigenvalue weighted by molar-refractivity contribution is 8.14. The minimum absolute atomic E-state index is 0.0133. The molecule has 2 N–H and O–H groups in total. The van der Waals surface area contributed by atoms with E-state index in [0.29, 0.717) is 27.3 Å². The number of ether oxygens (including phenoxy) is 4. The molecule has 56 heavy (non-hydrogen) atoms. The van der Waals surface area contributed by atoms with E-state index >= 15 is 0 Å². The van der Waals surface area contributed by atoms with Crippen molar-refractivity contribution in [3.63, 3.8) is 0 Å². The van der Waals surface area contributed by atoms with Crippen LogP contribution in [0.1, 0.15) is 65.5 Å². The van der Waals surface area contributed by atoms with Crippen molar-refractivity contribution in [2.45, 2.75) is 88.9 Å². The highest BCUT2D eigenvalue weighted by Crippen LogP contribution is 2.51. The predicted octanol–water partition coefficient (Wildman–Crippen LogP) is 7.26. The number of carbonyl (C=O) groups excluding carboxylic acids is 2. The van der Waals surface area contributed by atoms with E-state index in [9.17, 15) is 37.3 Å². The van der Waals surface area contributed by atoms with Gasteiger partial charge in [-0.15, -0.1) is 23.5 Å². The number of carbonyl (C=O) groups is 2. The van der Waals surface area contributed by atoms with Crippen LogP contribution in [-0.2, 0) is 39.6 Å². The second-order valence-corrected chi connectivity index (χ2v) is 18.1. The first-order chi connectivity index (χ1) is 26.2. The largest absolute Gasteiger partial charge is 0.460 e. The Kier molecular flexibility index (Phi) is 13.2. The number of esters is 2. The Morgan fingerprint density at radius 3 is 1.66 bits per heavy atom. The number of nitro benzene ring substituents is 1. The summed E-state index contributed by atoms with van der Waals surface area (Å²) in [7, 11) is 0. The third-order valence-corrected chi connectivity index (χ3v) is 11.7. The molecule has 0 aliphatic carbocycles. The zero-order valence-electron chi connectivity index (χ0n) is 31.9. The number of rotatable bonds is 9. The molecule has 4 heterocycles. The summed E-state index contributed by atoms with van der Waals surface area (Å²) < 4.78 is 78.2. The Balaban J connectivity index is 0.000000215.